The fraction of sp³-hybridized carbons (Fsp3) is 0.632. The van der Waals surface area contributed by atoms with Gasteiger partial charge in [0.2, 0.25) is 5.91 Å². The molecule has 1 amide bonds. The van der Waals surface area contributed by atoms with E-state index in [1.54, 1.807) is 0 Å². The first-order valence-corrected chi connectivity index (χ1v) is 8.58. The molecule has 1 aromatic rings. The second kappa shape index (κ2) is 6.82. The van der Waals surface area contributed by atoms with Crippen LogP contribution in [0.5, 0.6) is 0 Å². The normalized spacial score (nSPS) is 23.3. The van der Waals surface area contributed by atoms with Gasteiger partial charge >= 0.3 is 0 Å². The van der Waals surface area contributed by atoms with Gasteiger partial charge in [-0.2, -0.15) is 0 Å². The summed E-state index contributed by atoms with van der Waals surface area (Å²) >= 11 is 0. The molecule has 3 rings (SSSR count). The number of rotatable bonds is 5. The number of methoxy groups -OCH3 is 1. The molecule has 1 heterocycles. The number of hydrogen-bond acceptors (Lipinski definition) is 2. The number of piperidine rings is 1. The molecule has 2 fully saturated rings. The Morgan fingerprint density at radius 3 is 2.55 bits per heavy atom. The van der Waals surface area contributed by atoms with Gasteiger partial charge in [-0.15, -0.1) is 0 Å². The van der Waals surface area contributed by atoms with E-state index >= 15 is 0 Å². The maximum absolute atomic E-state index is 12.4. The zero-order valence-electron chi connectivity index (χ0n) is 13.6. The Labute approximate surface area is 133 Å². The summed E-state index contributed by atoms with van der Waals surface area (Å²) in [7, 11) is 1.83. The van der Waals surface area contributed by atoms with Crippen molar-refractivity contribution < 1.29 is 9.53 Å². The van der Waals surface area contributed by atoms with E-state index in [0.717, 1.165) is 38.8 Å². The van der Waals surface area contributed by atoms with Crippen LogP contribution in [0.15, 0.2) is 30.3 Å². The van der Waals surface area contributed by atoms with Gasteiger partial charge < -0.3 is 9.64 Å². The number of carbonyl (C=O) groups excluding carboxylic acids is 1. The van der Waals surface area contributed by atoms with Crippen LogP contribution >= 0.6 is 0 Å². The fourth-order valence-electron chi connectivity index (χ4n) is 4.06. The zero-order valence-corrected chi connectivity index (χ0v) is 13.6. The quantitative estimate of drug-likeness (QED) is 0.834. The molecule has 1 atom stereocenters. The van der Waals surface area contributed by atoms with Crippen LogP contribution in [0.1, 0.15) is 44.1 Å². The smallest absolute Gasteiger partial charge is 0.222 e. The van der Waals surface area contributed by atoms with Gasteiger partial charge in [-0.1, -0.05) is 30.3 Å². The number of carbonyl (C=O) groups is 1. The number of hydrogen-bond donors (Lipinski definition) is 0. The highest BCUT2D eigenvalue weighted by Crippen LogP contribution is 2.50. The predicted octanol–water partition coefficient (Wildman–Crippen LogP) is 3.43. The summed E-state index contributed by atoms with van der Waals surface area (Å²) in [5.74, 6) is 0.332. The maximum atomic E-state index is 12.4. The van der Waals surface area contributed by atoms with Crippen molar-refractivity contribution in [2.75, 3.05) is 20.2 Å². The van der Waals surface area contributed by atoms with E-state index in [-0.39, 0.29) is 0 Å². The molecule has 3 heteroatoms. The van der Waals surface area contributed by atoms with Gasteiger partial charge in [0.05, 0.1) is 6.10 Å². The lowest BCUT2D eigenvalue weighted by molar-refractivity contribution is -0.145. The van der Waals surface area contributed by atoms with Crippen LogP contribution in [0.2, 0.25) is 0 Å². The summed E-state index contributed by atoms with van der Waals surface area (Å²) in [4.78, 5) is 14.4. The van der Waals surface area contributed by atoms with Crippen LogP contribution in [0, 0.1) is 5.41 Å². The topological polar surface area (TPSA) is 29.5 Å². The van der Waals surface area contributed by atoms with Crippen molar-refractivity contribution >= 4 is 5.91 Å². The minimum atomic E-state index is 0.332. The summed E-state index contributed by atoms with van der Waals surface area (Å²) in [6, 6.07) is 10.4. The molecule has 1 unspecified atom stereocenters. The van der Waals surface area contributed by atoms with Crippen LogP contribution < -0.4 is 0 Å². The summed E-state index contributed by atoms with van der Waals surface area (Å²) in [6.45, 7) is 1.84. The van der Waals surface area contributed by atoms with E-state index in [2.05, 4.69) is 29.2 Å². The predicted molar refractivity (Wildman–Crippen MR) is 87.7 cm³/mol. The maximum Gasteiger partial charge on any atom is 0.222 e. The fourth-order valence-corrected chi connectivity index (χ4v) is 4.06. The van der Waals surface area contributed by atoms with E-state index in [1.807, 2.05) is 13.2 Å². The van der Waals surface area contributed by atoms with Crippen LogP contribution in [-0.4, -0.2) is 37.1 Å². The van der Waals surface area contributed by atoms with E-state index in [1.165, 1.54) is 18.4 Å². The van der Waals surface area contributed by atoms with Gasteiger partial charge in [0.15, 0.2) is 0 Å². The van der Waals surface area contributed by atoms with Gasteiger partial charge in [-0.05, 0) is 44.1 Å². The highest BCUT2D eigenvalue weighted by atomic mass is 16.5. The molecule has 3 nitrogen and oxygen atoms in total. The molecule has 1 saturated carbocycles. The second-order valence-electron chi connectivity index (χ2n) is 6.85. The van der Waals surface area contributed by atoms with Gasteiger partial charge in [0, 0.05) is 32.0 Å². The lowest BCUT2D eigenvalue weighted by atomic mass is 9.61. The number of likely N-dealkylation sites (tertiary alicyclic amines) is 1. The molecule has 0 N–H and O–H groups in total. The van der Waals surface area contributed by atoms with E-state index in [4.69, 9.17) is 4.74 Å². The Balaban J connectivity index is 1.41. The van der Waals surface area contributed by atoms with Crippen molar-refractivity contribution in [3.63, 3.8) is 0 Å². The average Bonchev–Trinajstić information content (AvgIpc) is 2.55. The monoisotopic (exact) mass is 301 g/mol. The molecule has 0 bridgehead atoms. The lowest BCUT2D eigenvalue weighted by Crippen LogP contribution is -2.53. The second-order valence-corrected chi connectivity index (χ2v) is 6.85. The van der Waals surface area contributed by atoms with Crippen molar-refractivity contribution in [2.24, 2.45) is 5.41 Å². The number of nitrogens with zero attached hydrogens (tertiary/aromatic N) is 1. The van der Waals surface area contributed by atoms with Crippen molar-refractivity contribution in [3.05, 3.63) is 35.9 Å². The van der Waals surface area contributed by atoms with Crippen LogP contribution in [-0.2, 0) is 16.0 Å². The highest BCUT2D eigenvalue weighted by molar-refractivity contribution is 5.76. The Kier molecular flexibility index (Phi) is 4.82. The van der Waals surface area contributed by atoms with Crippen LogP contribution in [0.25, 0.3) is 0 Å². The largest absolute Gasteiger partial charge is 0.381 e. The molecular formula is C19H27NO2. The molecule has 1 saturated heterocycles. The van der Waals surface area contributed by atoms with E-state index in [9.17, 15) is 4.79 Å². The minimum absolute atomic E-state index is 0.332. The molecule has 120 valence electrons. The standard InChI is InChI=1S/C19H27NO2/c1-22-17-10-11-19(17)12-14-20(15-13-19)18(21)9-5-8-16-6-3-2-4-7-16/h2-4,6-7,17H,5,8-15H2,1H3. The number of aryl methyl sites for hydroxylation is 1. The molecule has 22 heavy (non-hydrogen) atoms. The third-order valence-electron chi connectivity index (χ3n) is 5.68. The Morgan fingerprint density at radius 2 is 1.95 bits per heavy atom. The molecule has 2 aliphatic rings. The molecule has 0 radical (unpaired) electrons. The first-order valence-electron chi connectivity index (χ1n) is 8.58. The molecule has 1 aromatic carbocycles. The first-order chi connectivity index (χ1) is 10.7. The van der Waals surface area contributed by atoms with Gasteiger partial charge in [0.1, 0.15) is 0 Å². The van der Waals surface area contributed by atoms with Crippen LogP contribution in [0.4, 0.5) is 0 Å². The zero-order chi connectivity index (χ0) is 15.4. The Bertz CT molecular complexity index is 489. The summed E-state index contributed by atoms with van der Waals surface area (Å²) < 4.78 is 5.59. The minimum Gasteiger partial charge on any atom is -0.381 e. The molecule has 0 aromatic heterocycles. The Hall–Kier alpha value is -1.35. The van der Waals surface area contributed by atoms with E-state index in [0.29, 0.717) is 23.8 Å². The summed E-state index contributed by atoms with van der Waals surface area (Å²) in [6.07, 6.45) is 7.77. The third-order valence-corrected chi connectivity index (χ3v) is 5.68. The molecule has 1 aliphatic carbocycles. The molecule has 1 spiro atoms. The molecule has 1 aliphatic heterocycles. The van der Waals surface area contributed by atoms with Crippen molar-refractivity contribution in [2.45, 2.75) is 51.0 Å². The summed E-state index contributed by atoms with van der Waals surface area (Å²) in [5.41, 5.74) is 1.71. The van der Waals surface area contributed by atoms with Crippen molar-refractivity contribution in [1.82, 2.24) is 4.90 Å². The SMILES string of the molecule is COC1CCC12CCN(C(=O)CCCc1ccccc1)CC2. The number of ether oxygens (including phenoxy) is 1. The highest BCUT2D eigenvalue weighted by Gasteiger charge is 2.48. The van der Waals surface area contributed by atoms with Gasteiger partial charge in [-0.3, -0.25) is 4.79 Å². The van der Waals surface area contributed by atoms with Gasteiger partial charge in [-0.25, -0.2) is 0 Å². The van der Waals surface area contributed by atoms with Gasteiger partial charge in [0.25, 0.3) is 0 Å². The molecular weight excluding hydrogens is 274 g/mol. The first kappa shape index (κ1) is 15.5. The Morgan fingerprint density at radius 1 is 1.23 bits per heavy atom. The van der Waals surface area contributed by atoms with Crippen molar-refractivity contribution in [3.8, 4) is 0 Å². The number of benzene rings is 1. The van der Waals surface area contributed by atoms with Crippen molar-refractivity contribution in [1.29, 1.82) is 0 Å². The lowest BCUT2D eigenvalue weighted by Gasteiger charge is -2.53. The van der Waals surface area contributed by atoms with Crippen LogP contribution in [0.3, 0.4) is 0 Å². The third kappa shape index (κ3) is 3.19. The summed E-state index contributed by atoms with van der Waals surface area (Å²) in [5, 5.41) is 0. The van der Waals surface area contributed by atoms with E-state index < -0.39 is 0 Å². The average molecular weight is 301 g/mol. The number of amides is 1.